The molecule has 0 bridgehead atoms. The van der Waals surface area contributed by atoms with Gasteiger partial charge < -0.3 is 4.40 Å². The van der Waals surface area contributed by atoms with Crippen LogP contribution in [-0.2, 0) is 0 Å². The molecule has 0 aliphatic carbocycles. The molecule has 2 rings (SSSR count). The van der Waals surface area contributed by atoms with Crippen LogP contribution < -0.4 is 0 Å². The van der Waals surface area contributed by atoms with Gasteiger partial charge in [-0.1, -0.05) is 13.8 Å². The predicted octanol–water partition coefficient (Wildman–Crippen LogP) is 2.46. The first-order valence-electron chi connectivity index (χ1n) is 4.20. The van der Waals surface area contributed by atoms with Crippen LogP contribution in [0.4, 0.5) is 0 Å². The Kier molecular flexibility index (Phi) is 1.61. The molecule has 62 valence electrons. The maximum absolute atomic E-state index is 4.36. The van der Waals surface area contributed by atoms with Gasteiger partial charge in [0.1, 0.15) is 0 Å². The van der Waals surface area contributed by atoms with Gasteiger partial charge >= 0.3 is 0 Å². The molecule has 0 unspecified atom stereocenters. The van der Waals surface area contributed by atoms with Crippen LogP contribution in [0, 0.1) is 0 Å². The van der Waals surface area contributed by atoms with Gasteiger partial charge in [0.2, 0.25) is 0 Å². The van der Waals surface area contributed by atoms with Crippen LogP contribution in [0.1, 0.15) is 25.5 Å². The highest BCUT2D eigenvalue weighted by molar-refractivity contribution is 5.53. The molecule has 2 heteroatoms. The molecule has 0 N–H and O–H groups in total. The van der Waals surface area contributed by atoms with E-state index in [0.29, 0.717) is 5.92 Å². The Hall–Kier alpha value is -1.31. The fourth-order valence-electron chi connectivity index (χ4n) is 1.44. The summed E-state index contributed by atoms with van der Waals surface area (Å²) in [5.74, 6) is 0.489. The summed E-state index contributed by atoms with van der Waals surface area (Å²) >= 11 is 0. The molecule has 2 nitrogen and oxygen atoms in total. The Morgan fingerprint density at radius 3 is 2.92 bits per heavy atom. The largest absolute Gasteiger partial charge is 0.321 e. The molecule has 2 aromatic rings. The molecule has 0 amide bonds. The summed E-state index contributed by atoms with van der Waals surface area (Å²) in [7, 11) is 0. The van der Waals surface area contributed by atoms with Gasteiger partial charge in [-0.3, -0.25) is 4.98 Å². The zero-order chi connectivity index (χ0) is 8.55. The minimum absolute atomic E-state index is 0.489. The van der Waals surface area contributed by atoms with E-state index in [9.17, 15) is 0 Å². The average molecular weight is 160 g/mol. The van der Waals surface area contributed by atoms with Gasteiger partial charge in [-0.2, -0.15) is 0 Å². The molecule has 2 heterocycles. The van der Waals surface area contributed by atoms with Crippen LogP contribution in [0.15, 0.2) is 30.7 Å². The lowest BCUT2D eigenvalue weighted by Gasteiger charge is -2.05. The first kappa shape index (κ1) is 7.35. The first-order chi connectivity index (χ1) is 5.79. The third-order valence-corrected chi connectivity index (χ3v) is 2.03. The molecule has 0 aliphatic heterocycles. The monoisotopic (exact) mass is 160 g/mol. The van der Waals surface area contributed by atoms with Crippen molar-refractivity contribution in [2.75, 3.05) is 0 Å². The van der Waals surface area contributed by atoms with E-state index in [1.807, 2.05) is 24.7 Å². The van der Waals surface area contributed by atoms with Crippen molar-refractivity contribution in [1.29, 1.82) is 0 Å². The van der Waals surface area contributed by atoms with E-state index in [1.165, 1.54) is 11.2 Å². The Morgan fingerprint density at radius 1 is 1.33 bits per heavy atom. The van der Waals surface area contributed by atoms with Gasteiger partial charge in [0.05, 0.1) is 11.2 Å². The minimum Gasteiger partial charge on any atom is -0.321 e. The molecule has 0 saturated carbocycles. The zero-order valence-electron chi connectivity index (χ0n) is 7.36. The fraction of sp³-hybridized carbons (Fsp3) is 0.300. The average Bonchev–Trinajstić information content (AvgIpc) is 2.49. The maximum Gasteiger partial charge on any atom is 0.0669 e. The highest BCUT2D eigenvalue weighted by Crippen LogP contribution is 2.17. The fourth-order valence-corrected chi connectivity index (χ4v) is 1.44. The van der Waals surface area contributed by atoms with Crippen molar-refractivity contribution < 1.29 is 0 Å². The Morgan fingerprint density at radius 2 is 2.17 bits per heavy atom. The molecule has 0 saturated heterocycles. The van der Waals surface area contributed by atoms with E-state index >= 15 is 0 Å². The second-order valence-electron chi connectivity index (χ2n) is 3.27. The van der Waals surface area contributed by atoms with Crippen LogP contribution in [0.3, 0.4) is 0 Å². The van der Waals surface area contributed by atoms with E-state index in [-0.39, 0.29) is 0 Å². The third-order valence-electron chi connectivity index (χ3n) is 2.03. The van der Waals surface area contributed by atoms with E-state index in [4.69, 9.17) is 0 Å². The lowest BCUT2D eigenvalue weighted by molar-refractivity contribution is 0.822. The number of fused-ring (bicyclic) bond motifs is 1. The van der Waals surface area contributed by atoms with Gasteiger partial charge in [0.25, 0.3) is 0 Å². The molecule has 0 atom stereocenters. The molecule has 0 spiro atoms. The summed E-state index contributed by atoms with van der Waals surface area (Å²) < 4.78 is 2.10. The molecule has 0 aromatic carbocycles. The molecule has 0 fully saturated rings. The van der Waals surface area contributed by atoms with Gasteiger partial charge in [0.15, 0.2) is 0 Å². The number of aromatic nitrogens is 2. The molecule has 0 radical (unpaired) electrons. The van der Waals surface area contributed by atoms with E-state index in [2.05, 4.69) is 29.3 Å². The Labute approximate surface area is 71.9 Å². The second-order valence-corrected chi connectivity index (χ2v) is 3.27. The van der Waals surface area contributed by atoms with Crippen LogP contribution >= 0.6 is 0 Å². The predicted molar refractivity (Wildman–Crippen MR) is 49.3 cm³/mol. The second kappa shape index (κ2) is 2.63. The van der Waals surface area contributed by atoms with E-state index in [0.717, 1.165) is 0 Å². The summed E-state index contributed by atoms with van der Waals surface area (Å²) in [5, 5.41) is 0. The first-order valence-corrected chi connectivity index (χ1v) is 4.20. The van der Waals surface area contributed by atoms with Gasteiger partial charge in [-0.15, -0.1) is 0 Å². The van der Waals surface area contributed by atoms with Crippen LogP contribution in [-0.4, -0.2) is 9.38 Å². The van der Waals surface area contributed by atoms with E-state index < -0.39 is 0 Å². The highest BCUT2D eigenvalue weighted by Gasteiger charge is 2.04. The Bertz CT molecular complexity index is 387. The smallest absolute Gasteiger partial charge is 0.0669 e. The van der Waals surface area contributed by atoms with Gasteiger partial charge in [-0.25, -0.2) is 0 Å². The summed E-state index contributed by atoms with van der Waals surface area (Å²) in [4.78, 5) is 4.36. The standard InChI is InChI=1S/C10H12N2/c1-8(2)10-9-4-3-6-12(9)7-5-11-10/h3-8H,1-2H3. The summed E-state index contributed by atoms with van der Waals surface area (Å²) in [6.45, 7) is 4.32. The molecular weight excluding hydrogens is 148 g/mol. The maximum atomic E-state index is 4.36. The van der Waals surface area contributed by atoms with Gasteiger partial charge in [-0.05, 0) is 18.1 Å². The van der Waals surface area contributed by atoms with Crippen LogP contribution in [0.2, 0.25) is 0 Å². The van der Waals surface area contributed by atoms with Crippen molar-refractivity contribution in [3.63, 3.8) is 0 Å². The summed E-state index contributed by atoms with van der Waals surface area (Å²) in [6.07, 6.45) is 5.87. The van der Waals surface area contributed by atoms with Crippen molar-refractivity contribution in [1.82, 2.24) is 9.38 Å². The quantitative estimate of drug-likeness (QED) is 0.626. The summed E-state index contributed by atoms with van der Waals surface area (Å²) in [6, 6.07) is 4.14. The van der Waals surface area contributed by atoms with Crippen molar-refractivity contribution in [3.8, 4) is 0 Å². The lowest BCUT2D eigenvalue weighted by Crippen LogP contribution is -1.95. The SMILES string of the molecule is CC(C)c1nccn2cccc12. The minimum atomic E-state index is 0.489. The molecule has 0 aliphatic rings. The molecule has 12 heavy (non-hydrogen) atoms. The number of nitrogens with zero attached hydrogens (tertiary/aromatic N) is 2. The van der Waals surface area contributed by atoms with Crippen LogP contribution in [0.25, 0.3) is 5.52 Å². The zero-order valence-corrected chi connectivity index (χ0v) is 7.36. The summed E-state index contributed by atoms with van der Waals surface area (Å²) in [5.41, 5.74) is 2.38. The number of hydrogen-bond donors (Lipinski definition) is 0. The van der Waals surface area contributed by atoms with Crippen molar-refractivity contribution in [3.05, 3.63) is 36.4 Å². The van der Waals surface area contributed by atoms with Gasteiger partial charge in [0, 0.05) is 18.6 Å². The normalized spacial score (nSPS) is 11.2. The topological polar surface area (TPSA) is 17.3 Å². The highest BCUT2D eigenvalue weighted by atomic mass is 14.9. The van der Waals surface area contributed by atoms with Crippen molar-refractivity contribution in [2.24, 2.45) is 0 Å². The van der Waals surface area contributed by atoms with Crippen molar-refractivity contribution in [2.45, 2.75) is 19.8 Å². The Balaban J connectivity index is 2.73. The molecule has 2 aromatic heterocycles. The number of rotatable bonds is 1. The number of hydrogen-bond acceptors (Lipinski definition) is 1. The lowest BCUT2D eigenvalue weighted by atomic mass is 10.1. The third kappa shape index (κ3) is 0.998. The molecular formula is C10H12N2. The van der Waals surface area contributed by atoms with Crippen molar-refractivity contribution >= 4 is 5.52 Å². The van der Waals surface area contributed by atoms with Crippen LogP contribution in [0.5, 0.6) is 0 Å². The van der Waals surface area contributed by atoms with E-state index in [1.54, 1.807) is 0 Å².